The van der Waals surface area contributed by atoms with Gasteiger partial charge in [-0.1, -0.05) is 11.6 Å². The number of hydrogen-bond donors (Lipinski definition) is 0. The fourth-order valence-corrected chi connectivity index (χ4v) is 1.94. The second kappa shape index (κ2) is 4.18. The van der Waals surface area contributed by atoms with Gasteiger partial charge in [-0.2, -0.15) is 0 Å². The third-order valence-corrected chi connectivity index (χ3v) is 2.70. The highest BCUT2D eigenvalue weighted by Crippen LogP contribution is 2.34. The van der Waals surface area contributed by atoms with Gasteiger partial charge in [0.2, 0.25) is 0 Å². The summed E-state index contributed by atoms with van der Waals surface area (Å²) < 4.78 is 10.4. The third-order valence-electron chi connectivity index (χ3n) is 2.39. The van der Waals surface area contributed by atoms with Crippen molar-refractivity contribution in [2.45, 2.75) is 6.92 Å². The van der Waals surface area contributed by atoms with Gasteiger partial charge in [0.25, 0.3) is 0 Å². The van der Waals surface area contributed by atoms with Gasteiger partial charge in [0, 0.05) is 17.1 Å². The number of aryl methyl sites for hydroxylation is 1. The van der Waals surface area contributed by atoms with Gasteiger partial charge in [-0.05, 0) is 19.1 Å². The molecule has 0 aliphatic heterocycles. The zero-order valence-electron chi connectivity index (χ0n) is 9.37. The van der Waals surface area contributed by atoms with Crippen LogP contribution in [0.15, 0.2) is 18.2 Å². The first-order valence-electron chi connectivity index (χ1n) is 4.84. The highest BCUT2D eigenvalue weighted by atomic mass is 35.5. The molecular weight excluding hydrogens is 226 g/mol. The van der Waals surface area contributed by atoms with Crippen LogP contribution in [-0.2, 0) is 0 Å². The summed E-state index contributed by atoms with van der Waals surface area (Å²) in [5, 5.41) is 1.54. The molecule has 0 saturated carbocycles. The van der Waals surface area contributed by atoms with Crippen LogP contribution in [0.4, 0.5) is 0 Å². The highest BCUT2D eigenvalue weighted by Gasteiger charge is 2.09. The van der Waals surface area contributed by atoms with E-state index < -0.39 is 0 Å². The van der Waals surface area contributed by atoms with Crippen LogP contribution in [-0.4, -0.2) is 19.2 Å². The minimum atomic E-state index is 0.655. The molecule has 0 N–H and O–H groups in total. The quantitative estimate of drug-likeness (QED) is 0.804. The Bertz CT molecular complexity index is 540. The van der Waals surface area contributed by atoms with Crippen molar-refractivity contribution in [3.8, 4) is 11.5 Å². The van der Waals surface area contributed by atoms with E-state index in [9.17, 15) is 0 Å². The van der Waals surface area contributed by atoms with Gasteiger partial charge in [0.1, 0.15) is 0 Å². The van der Waals surface area contributed by atoms with E-state index in [4.69, 9.17) is 21.1 Å². The van der Waals surface area contributed by atoms with Gasteiger partial charge in [-0.3, -0.25) is 4.98 Å². The summed E-state index contributed by atoms with van der Waals surface area (Å²) >= 11 is 6.15. The lowest BCUT2D eigenvalue weighted by Crippen LogP contribution is -1.92. The van der Waals surface area contributed by atoms with Gasteiger partial charge in [-0.15, -0.1) is 0 Å². The Balaban J connectivity index is 2.78. The van der Waals surface area contributed by atoms with Crippen LogP contribution in [0.3, 0.4) is 0 Å². The van der Waals surface area contributed by atoms with Crippen molar-refractivity contribution in [2.75, 3.05) is 14.2 Å². The number of halogens is 1. The normalized spacial score (nSPS) is 10.5. The van der Waals surface area contributed by atoms with Crippen LogP contribution in [0.2, 0.25) is 5.02 Å². The summed E-state index contributed by atoms with van der Waals surface area (Å²) in [5.74, 6) is 1.31. The molecule has 1 aromatic carbocycles. The average Bonchev–Trinajstić information content (AvgIpc) is 2.27. The van der Waals surface area contributed by atoms with Crippen LogP contribution in [0.25, 0.3) is 10.9 Å². The maximum Gasteiger partial charge on any atom is 0.162 e. The number of hydrogen-bond acceptors (Lipinski definition) is 3. The third kappa shape index (κ3) is 1.78. The van der Waals surface area contributed by atoms with Gasteiger partial charge >= 0.3 is 0 Å². The van der Waals surface area contributed by atoms with Crippen molar-refractivity contribution < 1.29 is 9.47 Å². The van der Waals surface area contributed by atoms with E-state index in [0.717, 1.165) is 16.6 Å². The average molecular weight is 238 g/mol. The Morgan fingerprint density at radius 2 is 1.69 bits per heavy atom. The highest BCUT2D eigenvalue weighted by molar-refractivity contribution is 6.35. The fraction of sp³-hybridized carbons (Fsp3) is 0.250. The molecule has 0 unspecified atom stereocenters. The van der Waals surface area contributed by atoms with E-state index in [1.54, 1.807) is 14.2 Å². The molecule has 0 atom stereocenters. The van der Waals surface area contributed by atoms with Gasteiger partial charge < -0.3 is 9.47 Å². The molecule has 0 fully saturated rings. The van der Waals surface area contributed by atoms with Crippen molar-refractivity contribution in [2.24, 2.45) is 0 Å². The Hall–Kier alpha value is -1.48. The molecule has 4 heteroatoms. The van der Waals surface area contributed by atoms with Crippen molar-refractivity contribution in [3.05, 3.63) is 28.9 Å². The number of fused-ring (bicyclic) bond motifs is 1. The Kier molecular flexibility index (Phi) is 2.88. The predicted molar refractivity (Wildman–Crippen MR) is 64.6 cm³/mol. The molecular formula is C12H12ClNO2. The monoisotopic (exact) mass is 237 g/mol. The summed E-state index contributed by atoms with van der Waals surface area (Å²) in [6, 6.07) is 5.49. The molecule has 0 bridgehead atoms. The summed E-state index contributed by atoms with van der Waals surface area (Å²) in [7, 11) is 3.19. The Morgan fingerprint density at radius 1 is 1.06 bits per heavy atom. The van der Waals surface area contributed by atoms with Crippen molar-refractivity contribution in [1.82, 2.24) is 4.98 Å². The lowest BCUT2D eigenvalue weighted by molar-refractivity contribution is 0.356. The molecule has 0 spiro atoms. The molecule has 0 aliphatic carbocycles. The van der Waals surface area contributed by atoms with Gasteiger partial charge in [0.05, 0.1) is 24.8 Å². The zero-order valence-corrected chi connectivity index (χ0v) is 10.1. The first kappa shape index (κ1) is 11.0. The van der Waals surface area contributed by atoms with E-state index in [-0.39, 0.29) is 0 Å². The first-order chi connectivity index (χ1) is 7.65. The number of nitrogens with zero attached hydrogens (tertiary/aromatic N) is 1. The number of aromatic nitrogens is 1. The number of pyridine rings is 1. The van der Waals surface area contributed by atoms with Crippen LogP contribution in [0, 0.1) is 6.92 Å². The molecule has 1 heterocycles. The number of ether oxygens (including phenoxy) is 2. The molecule has 0 amide bonds. The van der Waals surface area contributed by atoms with Crippen molar-refractivity contribution in [3.63, 3.8) is 0 Å². The Morgan fingerprint density at radius 3 is 2.31 bits per heavy atom. The molecule has 16 heavy (non-hydrogen) atoms. The summed E-state index contributed by atoms with van der Waals surface area (Å²) in [6.45, 7) is 1.90. The van der Waals surface area contributed by atoms with Crippen LogP contribution in [0.1, 0.15) is 5.69 Å². The molecule has 0 aliphatic rings. The summed E-state index contributed by atoms with van der Waals surface area (Å²) in [4.78, 5) is 4.40. The van der Waals surface area contributed by atoms with E-state index in [1.807, 2.05) is 25.1 Å². The maximum absolute atomic E-state index is 6.15. The van der Waals surface area contributed by atoms with Gasteiger partial charge in [0.15, 0.2) is 11.5 Å². The molecule has 84 valence electrons. The lowest BCUT2D eigenvalue weighted by Gasteiger charge is -2.10. The summed E-state index contributed by atoms with van der Waals surface area (Å²) in [6.07, 6.45) is 0. The first-order valence-corrected chi connectivity index (χ1v) is 5.22. The van der Waals surface area contributed by atoms with E-state index >= 15 is 0 Å². The minimum Gasteiger partial charge on any atom is -0.493 e. The Labute approximate surface area is 99.0 Å². The van der Waals surface area contributed by atoms with E-state index in [2.05, 4.69) is 4.98 Å². The largest absolute Gasteiger partial charge is 0.493 e. The maximum atomic E-state index is 6.15. The number of rotatable bonds is 2. The van der Waals surface area contributed by atoms with Crippen LogP contribution < -0.4 is 9.47 Å². The standard InChI is InChI=1S/C12H12ClNO2/c1-7-4-9(13)8-5-11(15-2)12(16-3)6-10(8)14-7/h4-6H,1-3H3. The number of methoxy groups -OCH3 is 2. The van der Waals surface area contributed by atoms with Crippen LogP contribution in [0.5, 0.6) is 11.5 Å². The lowest BCUT2D eigenvalue weighted by atomic mass is 10.2. The number of benzene rings is 1. The topological polar surface area (TPSA) is 31.4 Å². The smallest absolute Gasteiger partial charge is 0.162 e. The molecule has 0 radical (unpaired) electrons. The molecule has 1 aromatic heterocycles. The van der Waals surface area contributed by atoms with Crippen LogP contribution >= 0.6 is 11.6 Å². The molecule has 3 nitrogen and oxygen atoms in total. The zero-order chi connectivity index (χ0) is 11.7. The van der Waals surface area contributed by atoms with E-state index in [0.29, 0.717) is 16.5 Å². The molecule has 2 rings (SSSR count). The SMILES string of the molecule is COc1cc2nc(C)cc(Cl)c2cc1OC. The van der Waals surface area contributed by atoms with Gasteiger partial charge in [-0.25, -0.2) is 0 Å². The second-order valence-corrected chi connectivity index (χ2v) is 3.88. The molecule has 2 aromatic rings. The van der Waals surface area contributed by atoms with Crippen molar-refractivity contribution >= 4 is 22.5 Å². The fourth-order valence-electron chi connectivity index (χ4n) is 1.64. The summed E-state index contributed by atoms with van der Waals surface area (Å²) in [5.41, 5.74) is 1.69. The molecule has 0 saturated heterocycles. The van der Waals surface area contributed by atoms with Crippen molar-refractivity contribution in [1.29, 1.82) is 0 Å². The minimum absolute atomic E-state index is 0.655. The van der Waals surface area contributed by atoms with E-state index in [1.165, 1.54) is 0 Å². The second-order valence-electron chi connectivity index (χ2n) is 3.47. The predicted octanol–water partition coefficient (Wildman–Crippen LogP) is 3.21.